The van der Waals surface area contributed by atoms with Gasteiger partial charge >= 0.3 is 0 Å². The van der Waals surface area contributed by atoms with Crippen LogP contribution in [0.25, 0.3) is 11.6 Å². The summed E-state index contributed by atoms with van der Waals surface area (Å²) in [5.41, 5.74) is 4.33. The normalized spacial score (nSPS) is 14.5. The number of aryl methyl sites for hydroxylation is 1. The smallest absolute Gasteiger partial charge is 0.256 e. The molecule has 0 saturated heterocycles. The second kappa shape index (κ2) is 6.78. The highest BCUT2D eigenvalue weighted by molar-refractivity contribution is 6.34. The molecular weight excluding hydrogens is 333 g/mol. The number of fused-ring (bicyclic) bond motifs is 1. The van der Waals surface area contributed by atoms with Crippen molar-refractivity contribution in [1.29, 1.82) is 0 Å². The molecule has 0 saturated carbocycles. The van der Waals surface area contributed by atoms with E-state index in [1.165, 1.54) is 12.1 Å². The summed E-state index contributed by atoms with van der Waals surface area (Å²) in [6, 6.07) is 4.20. The van der Waals surface area contributed by atoms with E-state index >= 15 is 0 Å². The topological polar surface area (TPSA) is 65.2 Å². The third-order valence-electron chi connectivity index (χ3n) is 4.79. The van der Waals surface area contributed by atoms with Crippen LogP contribution >= 0.6 is 0 Å². The van der Waals surface area contributed by atoms with E-state index in [1.54, 1.807) is 17.0 Å². The van der Waals surface area contributed by atoms with Crippen LogP contribution in [-0.2, 0) is 4.79 Å². The fourth-order valence-electron chi connectivity index (χ4n) is 3.36. The number of nitrogens with one attached hydrogen (secondary N) is 2. The molecule has 1 aliphatic heterocycles. The molecule has 6 heteroatoms. The van der Waals surface area contributed by atoms with Gasteiger partial charge in [0.05, 0.1) is 11.1 Å². The van der Waals surface area contributed by atoms with Gasteiger partial charge in [-0.2, -0.15) is 0 Å². The van der Waals surface area contributed by atoms with Gasteiger partial charge in [-0.3, -0.25) is 9.59 Å². The van der Waals surface area contributed by atoms with Crippen LogP contribution in [0.15, 0.2) is 18.2 Å². The lowest BCUT2D eigenvalue weighted by Crippen LogP contribution is -2.31. The first-order chi connectivity index (χ1) is 12.4. The third kappa shape index (κ3) is 2.92. The lowest BCUT2D eigenvalue weighted by atomic mass is 10.0. The van der Waals surface area contributed by atoms with Crippen molar-refractivity contribution in [3.05, 3.63) is 52.1 Å². The third-order valence-corrected chi connectivity index (χ3v) is 4.79. The first kappa shape index (κ1) is 17.9. The summed E-state index contributed by atoms with van der Waals surface area (Å²) in [7, 11) is 0. The Balaban J connectivity index is 2.06. The molecule has 0 fully saturated rings. The largest absolute Gasteiger partial charge is 0.358 e. The van der Waals surface area contributed by atoms with Gasteiger partial charge in [-0.1, -0.05) is 0 Å². The van der Waals surface area contributed by atoms with Crippen molar-refractivity contribution >= 4 is 29.2 Å². The Labute approximate surface area is 151 Å². The fourth-order valence-corrected chi connectivity index (χ4v) is 3.36. The summed E-state index contributed by atoms with van der Waals surface area (Å²) in [6.07, 6.45) is 1.68. The van der Waals surface area contributed by atoms with Gasteiger partial charge < -0.3 is 15.2 Å². The maximum atomic E-state index is 13.6. The van der Waals surface area contributed by atoms with E-state index in [9.17, 15) is 14.0 Å². The Morgan fingerprint density at radius 3 is 2.58 bits per heavy atom. The Hall–Kier alpha value is -2.89. The molecule has 1 aliphatic rings. The van der Waals surface area contributed by atoms with Gasteiger partial charge in [0.1, 0.15) is 5.82 Å². The van der Waals surface area contributed by atoms with Gasteiger partial charge in [-0.25, -0.2) is 4.39 Å². The fraction of sp³-hybridized carbons (Fsp3) is 0.300. The van der Waals surface area contributed by atoms with Gasteiger partial charge in [0.15, 0.2) is 0 Å². The average molecular weight is 355 g/mol. The number of anilines is 1. The molecule has 0 atom stereocenters. The van der Waals surface area contributed by atoms with Gasteiger partial charge in [0, 0.05) is 35.7 Å². The molecule has 136 valence electrons. The lowest BCUT2D eigenvalue weighted by molar-refractivity contribution is -0.110. The monoisotopic (exact) mass is 355 g/mol. The van der Waals surface area contributed by atoms with Crippen molar-refractivity contribution in [2.45, 2.75) is 27.7 Å². The molecule has 1 aromatic carbocycles. The molecule has 0 radical (unpaired) electrons. The zero-order valence-electron chi connectivity index (χ0n) is 15.4. The van der Waals surface area contributed by atoms with Gasteiger partial charge in [-0.05, 0) is 57.5 Å². The highest BCUT2D eigenvalue weighted by atomic mass is 19.1. The van der Waals surface area contributed by atoms with Crippen LogP contribution in [0.1, 0.15) is 46.7 Å². The molecule has 3 rings (SSSR count). The number of hydrogen-bond acceptors (Lipinski definition) is 2. The summed E-state index contributed by atoms with van der Waals surface area (Å²) < 4.78 is 13.6. The van der Waals surface area contributed by atoms with Crippen molar-refractivity contribution in [2.75, 3.05) is 18.4 Å². The second-order valence-corrected chi connectivity index (χ2v) is 6.34. The Kier molecular flexibility index (Phi) is 4.68. The van der Waals surface area contributed by atoms with Crippen LogP contribution in [0.2, 0.25) is 0 Å². The summed E-state index contributed by atoms with van der Waals surface area (Å²) in [4.78, 5) is 30.0. The van der Waals surface area contributed by atoms with E-state index in [0.717, 1.165) is 11.3 Å². The zero-order valence-corrected chi connectivity index (χ0v) is 15.4. The molecule has 0 aliphatic carbocycles. The Morgan fingerprint density at radius 2 is 1.92 bits per heavy atom. The SMILES string of the molecule is CCN(CC)C(=O)c1c(C)[nH]c(/C=C2\C(=O)Nc3ccc(F)cc32)c1C. The molecule has 2 N–H and O–H groups in total. The number of carbonyl (C=O) groups excluding carboxylic acids is 2. The number of H-pyrrole nitrogens is 1. The minimum absolute atomic E-state index is 0.0341. The quantitative estimate of drug-likeness (QED) is 0.821. The van der Waals surface area contributed by atoms with Gasteiger partial charge in [-0.15, -0.1) is 0 Å². The summed E-state index contributed by atoms with van der Waals surface area (Å²) in [5, 5.41) is 2.73. The molecule has 5 nitrogen and oxygen atoms in total. The first-order valence-electron chi connectivity index (χ1n) is 8.68. The lowest BCUT2D eigenvalue weighted by Gasteiger charge is -2.19. The maximum Gasteiger partial charge on any atom is 0.256 e. The number of aromatic nitrogens is 1. The highest BCUT2D eigenvalue weighted by Crippen LogP contribution is 2.34. The summed E-state index contributed by atoms with van der Waals surface area (Å²) in [6.45, 7) is 8.84. The highest BCUT2D eigenvalue weighted by Gasteiger charge is 2.26. The van der Waals surface area contributed by atoms with E-state index in [2.05, 4.69) is 10.3 Å². The first-order valence-corrected chi connectivity index (χ1v) is 8.68. The number of carbonyl (C=O) groups is 2. The standard InChI is InChI=1S/C20H22FN3O2/c1-5-24(6-2)20(26)18-11(3)17(22-12(18)4)10-15-14-9-13(21)7-8-16(14)23-19(15)25/h7-10,22H,5-6H2,1-4H3,(H,23,25)/b15-10-. The van der Waals surface area contributed by atoms with E-state index in [4.69, 9.17) is 0 Å². The molecule has 0 spiro atoms. The number of rotatable bonds is 4. The predicted octanol–water partition coefficient (Wildman–Crippen LogP) is 3.75. The van der Waals surface area contributed by atoms with Gasteiger partial charge in [0.25, 0.3) is 11.8 Å². The number of amides is 2. The minimum Gasteiger partial charge on any atom is -0.358 e. The van der Waals surface area contributed by atoms with E-state index in [1.807, 2.05) is 27.7 Å². The average Bonchev–Trinajstić information content (AvgIpc) is 3.05. The second-order valence-electron chi connectivity index (χ2n) is 6.34. The molecule has 0 bridgehead atoms. The molecule has 26 heavy (non-hydrogen) atoms. The Bertz CT molecular complexity index is 923. The van der Waals surface area contributed by atoms with Crippen molar-refractivity contribution in [3.8, 4) is 0 Å². The molecular formula is C20H22FN3O2. The number of benzene rings is 1. The minimum atomic E-state index is -0.400. The number of aromatic amines is 1. The number of hydrogen-bond donors (Lipinski definition) is 2. The van der Waals surface area contributed by atoms with E-state index < -0.39 is 5.82 Å². The number of nitrogens with zero attached hydrogens (tertiary/aromatic N) is 1. The van der Waals surface area contributed by atoms with Crippen LogP contribution in [-0.4, -0.2) is 34.8 Å². The van der Waals surface area contributed by atoms with Crippen LogP contribution in [0.5, 0.6) is 0 Å². The van der Waals surface area contributed by atoms with Crippen molar-refractivity contribution in [3.63, 3.8) is 0 Å². The molecule has 2 heterocycles. The summed E-state index contributed by atoms with van der Waals surface area (Å²) >= 11 is 0. The maximum absolute atomic E-state index is 13.6. The van der Waals surface area contributed by atoms with Gasteiger partial charge in [0.2, 0.25) is 0 Å². The van der Waals surface area contributed by atoms with Crippen molar-refractivity contribution in [1.82, 2.24) is 9.88 Å². The Morgan fingerprint density at radius 1 is 1.23 bits per heavy atom. The van der Waals surface area contributed by atoms with Crippen molar-refractivity contribution < 1.29 is 14.0 Å². The van der Waals surface area contributed by atoms with Crippen LogP contribution in [0.3, 0.4) is 0 Å². The molecule has 2 aromatic rings. The predicted molar refractivity (Wildman–Crippen MR) is 100 cm³/mol. The van der Waals surface area contributed by atoms with Crippen LogP contribution in [0, 0.1) is 19.7 Å². The van der Waals surface area contributed by atoms with E-state index in [0.29, 0.717) is 41.2 Å². The van der Waals surface area contributed by atoms with Crippen molar-refractivity contribution in [2.24, 2.45) is 0 Å². The number of halogens is 1. The molecule has 1 aromatic heterocycles. The van der Waals surface area contributed by atoms with Crippen LogP contribution in [0.4, 0.5) is 10.1 Å². The molecule has 0 unspecified atom stereocenters. The summed E-state index contributed by atoms with van der Waals surface area (Å²) in [5.74, 6) is -0.718. The van der Waals surface area contributed by atoms with E-state index in [-0.39, 0.29) is 11.8 Å². The molecule has 2 amide bonds. The zero-order chi connectivity index (χ0) is 19.0. The van der Waals surface area contributed by atoms with Crippen LogP contribution < -0.4 is 5.32 Å².